The topological polar surface area (TPSA) is 174 Å². The Labute approximate surface area is 78.1 Å². The molecule has 0 unspecified atom stereocenters. The van der Waals surface area contributed by atoms with Crippen LogP contribution in [0.25, 0.3) is 0 Å². The van der Waals surface area contributed by atoms with Gasteiger partial charge in [-0.05, 0) is 0 Å². The quantitative estimate of drug-likeness (QED) is 0.532. The molecule has 7 nitrogen and oxygen atoms in total. The molecule has 0 radical (unpaired) electrons. The van der Waals surface area contributed by atoms with Crippen molar-refractivity contribution in [1.82, 2.24) is 0 Å². The van der Waals surface area contributed by atoms with E-state index in [0.29, 0.717) is 0 Å². The largest absolute Gasteiger partial charge is 0.412 e. The van der Waals surface area contributed by atoms with Crippen molar-refractivity contribution in [3.8, 4) is 30.0 Å². The third-order valence-corrected chi connectivity index (χ3v) is 4.61. The van der Waals surface area contributed by atoms with Crippen LogP contribution in [-0.4, -0.2) is 5.48 Å². The summed E-state index contributed by atoms with van der Waals surface area (Å²) in [6.45, 7) is 0. The van der Waals surface area contributed by atoms with E-state index in [-0.39, 0.29) is 5.48 Å². The number of hydrogen-bond acceptors (Lipinski definition) is 6. The van der Waals surface area contributed by atoms with E-state index in [1.54, 1.807) is 0 Å². The second-order valence-corrected chi connectivity index (χ2v) is 7.00. The Morgan fingerprint density at radius 3 is 0.643 bits per heavy atom. The summed E-state index contributed by atoms with van der Waals surface area (Å²) in [5.74, 6) is 0. The number of rotatable bonds is 0. The summed E-state index contributed by atoms with van der Waals surface area (Å²) in [6.07, 6.45) is 0. The molecule has 0 atom stereocenters. The third-order valence-electron chi connectivity index (χ3n) is 1.12. The van der Waals surface area contributed by atoms with E-state index in [0.717, 1.165) is 30.0 Å². The standard InChI is InChI=1S/6CN.Co.H2O/c6*1-2;;/h;;;;;;;1H2. The van der Waals surface area contributed by atoms with Crippen LogP contribution in [0.5, 0.6) is 0 Å². The van der Waals surface area contributed by atoms with E-state index in [4.69, 9.17) is 31.6 Å². The van der Waals surface area contributed by atoms with Gasteiger partial charge in [0.25, 0.3) is 0 Å². The van der Waals surface area contributed by atoms with Crippen LogP contribution in [0.3, 0.4) is 0 Å². The first-order chi connectivity index (χ1) is 5.97. The van der Waals surface area contributed by atoms with Crippen molar-refractivity contribution in [3.63, 3.8) is 0 Å². The van der Waals surface area contributed by atoms with Crippen LogP contribution in [0.1, 0.15) is 0 Å². The second kappa shape index (κ2) is 2.72. The molecule has 2 N–H and O–H groups in total. The fourth-order valence-corrected chi connectivity index (χ4v) is 1.03. The van der Waals surface area contributed by atoms with Crippen LogP contribution in [-0.2, 0) is 10.5 Å². The smallest absolute Gasteiger partial charge is 0.412 e. The first-order valence-corrected chi connectivity index (χ1v) is 5.46. The minimum Gasteiger partial charge on any atom is -0.412 e. The fraction of sp³-hybridized carbons (Fsp3) is 0. The molecule has 8 heteroatoms. The fourth-order valence-electron chi connectivity index (χ4n) is 0.250. The molecule has 0 bridgehead atoms. The van der Waals surface area contributed by atoms with Crippen LogP contribution in [0.4, 0.5) is 0 Å². The molecular formula is C6H2CoN6O. The van der Waals surface area contributed by atoms with Gasteiger partial charge >= 0.3 is 72.1 Å². The molecule has 0 aliphatic rings. The van der Waals surface area contributed by atoms with Gasteiger partial charge < -0.3 is 5.48 Å². The Morgan fingerprint density at radius 2 is 0.643 bits per heavy atom. The molecule has 0 saturated heterocycles. The summed E-state index contributed by atoms with van der Waals surface area (Å²) in [7, 11) is -6.03. The monoisotopic (exact) mass is 233 g/mol. The van der Waals surface area contributed by atoms with Gasteiger partial charge in [-0.25, -0.2) is 0 Å². The Hall–Kier alpha value is -2.59. The molecule has 0 aromatic heterocycles. The predicted octanol–water partition coefficient (Wildman–Crippen LogP) is -0.727. The Kier molecular flexibility index (Phi) is 2.71. The number of hydrogen-bond donors (Lipinski definition) is 0. The van der Waals surface area contributed by atoms with Crippen molar-refractivity contribution in [2.75, 3.05) is 0 Å². The summed E-state index contributed by atoms with van der Waals surface area (Å²) >= 11 is 0. The van der Waals surface area contributed by atoms with Crippen molar-refractivity contribution < 1.29 is 16.0 Å². The van der Waals surface area contributed by atoms with Crippen LogP contribution >= 0.6 is 0 Å². The first kappa shape index (κ1) is 14.0. The molecule has 0 aromatic rings. The molecule has 0 amide bonds. The van der Waals surface area contributed by atoms with Gasteiger partial charge in [0.05, 0.1) is 0 Å². The second-order valence-electron chi connectivity index (χ2n) is 1.70. The Morgan fingerprint density at radius 1 is 0.500 bits per heavy atom. The predicted molar refractivity (Wildman–Crippen MR) is 37.3 cm³/mol. The molecule has 0 aromatic carbocycles. The van der Waals surface area contributed by atoms with E-state index in [1.807, 2.05) is 0 Å². The van der Waals surface area contributed by atoms with Gasteiger partial charge in [-0.15, -0.1) is 0 Å². The van der Waals surface area contributed by atoms with E-state index in [1.165, 1.54) is 0 Å². The zero-order chi connectivity index (χ0) is 10.7. The maximum atomic E-state index is 8.58. The van der Waals surface area contributed by atoms with Crippen molar-refractivity contribution in [2.24, 2.45) is 0 Å². The van der Waals surface area contributed by atoms with Crippen molar-refractivity contribution >= 4 is 0 Å². The minimum atomic E-state index is -6.03. The Bertz CT molecular complexity index is 392. The molecule has 0 heterocycles. The average Bonchev–Trinajstić information content (AvgIpc) is 2.26. The molecule has 71 valence electrons. The molecule has 14 heavy (non-hydrogen) atoms. The molecule has 0 spiro atoms. The van der Waals surface area contributed by atoms with Crippen LogP contribution in [0.2, 0.25) is 0 Å². The zero-order valence-corrected chi connectivity index (χ0v) is 7.56. The van der Waals surface area contributed by atoms with E-state index < -0.39 is 10.5 Å². The van der Waals surface area contributed by atoms with Gasteiger partial charge in [0.2, 0.25) is 0 Å². The maximum absolute atomic E-state index is 8.58. The van der Waals surface area contributed by atoms with Gasteiger partial charge in [0.15, 0.2) is 0 Å². The van der Waals surface area contributed by atoms with E-state index in [9.17, 15) is 0 Å². The SMILES string of the molecule is N#[C][Co]([C]#N)([C]#N)([C]#N)([C]#N)[C]#N.O. The van der Waals surface area contributed by atoms with Crippen molar-refractivity contribution in [1.29, 1.82) is 31.6 Å². The summed E-state index contributed by atoms with van der Waals surface area (Å²) in [5.41, 5.74) is 0. The van der Waals surface area contributed by atoms with E-state index in [2.05, 4.69) is 0 Å². The van der Waals surface area contributed by atoms with Crippen molar-refractivity contribution in [3.05, 3.63) is 0 Å². The van der Waals surface area contributed by atoms with Gasteiger partial charge in [0.1, 0.15) is 0 Å². The van der Waals surface area contributed by atoms with Crippen LogP contribution in [0, 0.1) is 61.6 Å². The first-order valence-electron chi connectivity index (χ1n) is 2.34. The van der Waals surface area contributed by atoms with E-state index >= 15 is 0 Å². The summed E-state index contributed by atoms with van der Waals surface area (Å²) in [4.78, 5) is 0. The summed E-state index contributed by atoms with van der Waals surface area (Å²) < 4.78 is 0. The molecule has 0 aliphatic carbocycles. The summed E-state index contributed by atoms with van der Waals surface area (Å²) in [6, 6.07) is 0. The molecular weight excluding hydrogens is 231 g/mol. The number of nitrogens with zero attached hydrogens (tertiary/aromatic N) is 6. The van der Waals surface area contributed by atoms with Gasteiger partial charge in [0, 0.05) is 0 Å². The average molecular weight is 233 g/mol. The number of nitriles is 6. The molecule has 0 rings (SSSR count). The van der Waals surface area contributed by atoms with Gasteiger partial charge in [-0.3, -0.25) is 0 Å². The van der Waals surface area contributed by atoms with Gasteiger partial charge in [-0.1, -0.05) is 0 Å². The zero-order valence-electron chi connectivity index (χ0n) is 6.52. The van der Waals surface area contributed by atoms with Crippen LogP contribution < -0.4 is 0 Å². The molecule has 0 aliphatic heterocycles. The molecule has 0 saturated carbocycles. The van der Waals surface area contributed by atoms with Gasteiger partial charge in [-0.2, -0.15) is 0 Å². The normalized spacial score (nSPS) is 12.4. The van der Waals surface area contributed by atoms with Crippen molar-refractivity contribution in [2.45, 2.75) is 0 Å². The minimum absolute atomic E-state index is 0. The maximum Gasteiger partial charge on any atom is -0.412 e. The van der Waals surface area contributed by atoms with Crippen LogP contribution in [0.15, 0.2) is 0 Å². The Balaban J connectivity index is 0. The summed E-state index contributed by atoms with van der Waals surface area (Å²) in [5, 5.41) is 57.6. The molecule has 0 fully saturated rings. The third kappa shape index (κ3) is 0.885.